The molecule has 1 aromatic rings. The summed E-state index contributed by atoms with van der Waals surface area (Å²) in [6.45, 7) is 6.83. The Morgan fingerprint density at radius 2 is 1.93 bits per heavy atom. The van der Waals surface area contributed by atoms with E-state index in [4.69, 9.17) is 14.2 Å². The molecule has 0 bridgehead atoms. The molecule has 0 saturated heterocycles. The van der Waals surface area contributed by atoms with E-state index in [2.05, 4.69) is 10.6 Å². The van der Waals surface area contributed by atoms with Gasteiger partial charge in [-0.1, -0.05) is 12.1 Å². The number of hydrogen-bond acceptors (Lipinski definition) is 6. The van der Waals surface area contributed by atoms with E-state index in [0.717, 1.165) is 11.1 Å². The fraction of sp³-hybridized carbons (Fsp3) is 0.421. The number of carbonyl (C=O) groups is 3. The Morgan fingerprint density at radius 3 is 2.63 bits per heavy atom. The van der Waals surface area contributed by atoms with Crippen LogP contribution in [0.2, 0.25) is 0 Å². The molecular weight excluding hydrogens is 352 g/mol. The van der Waals surface area contributed by atoms with Crippen LogP contribution >= 0.6 is 0 Å². The predicted molar refractivity (Wildman–Crippen MR) is 97.2 cm³/mol. The van der Waals surface area contributed by atoms with E-state index in [1.165, 1.54) is 0 Å². The van der Waals surface area contributed by atoms with Crippen LogP contribution in [0.15, 0.2) is 29.5 Å². The number of aryl methyl sites for hydroxylation is 1. The standard InChI is InChI=1S/C19H24N2O6/c1-5-25-18(23)17-13(4)20-19(24)21-14(17)9-27-16(22)10-26-15-8-6-7-11(2)12(15)3/h6-8,13H,5,9-10H2,1-4H3,(H2,20,21,24)/t13-/m1/s1. The van der Waals surface area contributed by atoms with E-state index < -0.39 is 24.0 Å². The molecule has 0 saturated carbocycles. The molecule has 0 aromatic heterocycles. The fourth-order valence-corrected chi connectivity index (χ4v) is 2.60. The summed E-state index contributed by atoms with van der Waals surface area (Å²) in [5.74, 6) is -0.593. The summed E-state index contributed by atoms with van der Waals surface area (Å²) < 4.78 is 15.6. The Kier molecular flexibility index (Phi) is 6.81. The molecule has 1 atom stereocenters. The molecule has 0 fully saturated rings. The molecule has 2 N–H and O–H groups in total. The molecule has 0 aliphatic carbocycles. The van der Waals surface area contributed by atoms with E-state index in [9.17, 15) is 14.4 Å². The van der Waals surface area contributed by atoms with Crippen LogP contribution in [-0.4, -0.2) is 43.8 Å². The number of ether oxygens (including phenoxy) is 3. The lowest BCUT2D eigenvalue weighted by atomic mass is 10.0. The molecular formula is C19H24N2O6. The van der Waals surface area contributed by atoms with E-state index in [1.807, 2.05) is 26.0 Å². The lowest BCUT2D eigenvalue weighted by Gasteiger charge is -2.26. The Morgan fingerprint density at radius 1 is 1.19 bits per heavy atom. The van der Waals surface area contributed by atoms with Gasteiger partial charge in [0.1, 0.15) is 12.4 Å². The van der Waals surface area contributed by atoms with Crippen molar-refractivity contribution in [2.75, 3.05) is 19.8 Å². The van der Waals surface area contributed by atoms with Gasteiger partial charge in [-0.05, 0) is 44.9 Å². The smallest absolute Gasteiger partial charge is 0.344 e. The molecule has 0 unspecified atom stereocenters. The quantitative estimate of drug-likeness (QED) is 0.703. The summed E-state index contributed by atoms with van der Waals surface area (Å²) in [4.78, 5) is 35.8. The van der Waals surface area contributed by atoms with Gasteiger partial charge in [0, 0.05) is 0 Å². The average Bonchev–Trinajstić information content (AvgIpc) is 2.60. The molecule has 1 aliphatic rings. The normalized spacial score (nSPS) is 16.3. The fourth-order valence-electron chi connectivity index (χ4n) is 2.60. The first-order chi connectivity index (χ1) is 12.8. The molecule has 1 heterocycles. The lowest BCUT2D eigenvalue weighted by molar-refractivity contribution is -0.145. The van der Waals surface area contributed by atoms with Gasteiger partial charge in [0.25, 0.3) is 0 Å². The number of hydrogen-bond donors (Lipinski definition) is 2. The number of esters is 2. The van der Waals surface area contributed by atoms with Gasteiger partial charge in [0.15, 0.2) is 6.61 Å². The number of amides is 2. The van der Waals surface area contributed by atoms with E-state index >= 15 is 0 Å². The molecule has 0 radical (unpaired) electrons. The minimum absolute atomic E-state index is 0.194. The van der Waals surface area contributed by atoms with Crippen molar-refractivity contribution in [1.82, 2.24) is 10.6 Å². The maximum atomic E-state index is 12.1. The Hall–Kier alpha value is -3.03. The van der Waals surface area contributed by atoms with Crippen LogP contribution in [0, 0.1) is 13.8 Å². The summed E-state index contributed by atoms with van der Waals surface area (Å²) in [5.41, 5.74) is 2.41. The van der Waals surface area contributed by atoms with Crippen molar-refractivity contribution in [2.24, 2.45) is 0 Å². The van der Waals surface area contributed by atoms with Gasteiger partial charge in [0.2, 0.25) is 0 Å². The zero-order chi connectivity index (χ0) is 20.0. The second-order valence-corrected chi connectivity index (χ2v) is 6.08. The van der Waals surface area contributed by atoms with Gasteiger partial charge in [-0.25, -0.2) is 14.4 Å². The van der Waals surface area contributed by atoms with Crippen molar-refractivity contribution in [3.05, 3.63) is 40.6 Å². The minimum Gasteiger partial charge on any atom is -0.482 e. The zero-order valence-electron chi connectivity index (χ0n) is 15.9. The molecule has 8 heteroatoms. The first-order valence-electron chi connectivity index (χ1n) is 8.65. The van der Waals surface area contributed by atoms with Crippen molar-refractivity contribution in [3.8, 4) is 5.75 Å². The van der Waals surface area contributed by atoms with Gasteiger partial charge in [-0.2, -0.15) is 0 Å². The summed E-state index contributed by atoms with van der Waals surface area (Å²) >= 11 is 0. The summed E-state index contributed by atoms with van der Waals surface area (Å²) in [6, 6.07) is 4.52. The molecule has 1 aliphatic heterocycles. The molecule has 0 spiro atoms. The number of rotatable bonds is 7. The SMILES string of the molecule is CCOC(=O)C1=C(COC(=O)COc2cccc(C)c2C)NC(=O)N[C@@H]1C. The van der Waals surface area contributed by atoms with Crippen LogP contribution in [0.3, 0.4) is 0 Å². The van der Waals surface area contributed by atoms with Crippen LogP contribution in [0.5, 0.6) is 5.75 Å². The third kappa shape index (κ3) is 5.22. The number of benzene rings is 1. The summed E-state index contributed by atoms with van der Waals surface area (Å²) in [5, 5.41) is 5.06. The van der Waals surface area contributed by atoms with Crippen LogP contribution < -0.4 is 15.4 Å². The Bertz CT molecular complexity index is 771. The number of urea groups is 1. The molecule has 2 amide bonds. The monoisotopic (exact) mass is 376 g/mol. The highest BCUT2D eigenvalue weighted by Crippen LogP contribution is 2.20. The molecule has 2 rings (SSSR count). The van der Waals surface area contributed by atoms with Crippen LogP contribution in [0.4, 0.5) is 4.79 Å². The third-order valence-corrected chi connectivity index (χ3v) is 4.14. The largest absolute Gasteiger partial charge is 0.482 e. The maximum absolute atomic E-state index is 12.1. The van der Waals surface area contributed by atoms with E-state index in [-0.39, 0.29) is 31.1 Å². The highest BCUT2D eigenvalue weighted by atomic mass is 16.6. The van der Waals surface area contributed by atoms with Gasteiger partial charge < -0.3 is 24.8 Å². The average molecular weight is 376 g/mol. The maximum Gasteiger partial charge on any atom is 0.344 e. The van der Waals surface area contributed by atoms with Gasteiger partial charge in [-0.3, -0.25) is 0 Å². The molecule has 27 heavy (non-hydrogen) atoms. The van der Waals surface area contributed by atoms with Gasteiger partial charge in [-0.15, -0.1) is 0 Å². The number of carbonyl (C=O) groups excluding carboxylic acids is 3. The molecule has 1 aromatic carbocycles. The van der Waals surface area contributed by atoms with Crippen molar-refractivity contribution < 1.29 is 28.6 Å². The van der Waals surface area contributed by atoms with Crippen molar-refractivity contribution >= 4 is 18.0 Å². The van der Waals surface area contributed by atoms with Gasteiger partial charge in [0.05, 0.1) is 23.9 Å². The predicted octanol–water partition coefficient (Wildman–Crippen LogP) is 1.74. The summed E-state index contributed by atoms with van der Waals surface area (Å²) in [6.07, 6.45) is 0. The highest BCUT2D eigenvalue weighted by Gasteiger charge is 2.30. The van der Waals surface area contributed by atoms with E-state index in [0.29, 0.717) is 5.75 Å². The third-order valence-electron chi connectivity index (χ3n) is 4.14. The van der Waals surface area contributed by atoms with E-state index in [1.54, 1.807) is 19.9 Å². The number of nitrogens with one attached hydrogen (secondary N) is 2. The van der Waals surface area contributed by atoms with Crippen LogP contribution in [0.1, 0.15) is 25.0 Å². The van der Waals surface area contributed by atoms with Crippen LogP contribution in [-0.2, 0) is 19.1 Å². The Balaban J connectivity index is 2.00. The van der Waals surface area contributed by atoms with Crippen molar-refractivity contribution in [3.63, 3.8) is 0 Å². The second kappa shape index (κ2) is 9.07. The van der Waals surface area contributed by atoms with Crippen LogP contribution in [0.25, 0.3) is 0 Å². The zero-order valence-corrected chi connectivity index (χ0v) is 15.9. The topological polar surface area (TPSA) is 103 Å². The highest BCUT2D eigenvalue weighted by molar-refractivity contribution is 5.94. The first-order valence-corrected chi connectivity index (χ1v) is 8.65. The summed E-state index contributed by atoms with van der Waals surface area (Å²) in [7, 11) is 0. The lowest BCUT2D eigenvalue weighted by Crippen LogP contribution is -2.50. The Labute approximate surface area is 157 Å². The van der Waals surface area contributed by atoms with Crippen molar-refractivity contribution in [2.45, 2.75) is 33.7 Å². The van der Waals surface area contributed by atoms with Crippen molar-refractivity contribution in [1.29, 1.82) is 0 Å². The first kappa shape index (κ1) is 20.3. The second-order valence-electron chi connectivity index (χ2n) is 6.08. The van der Waals surface area contributed by atoms with Gasteiger partial charge >= 0.3 is 18.0 Å². The molecule has 8 nitrogen and oxygen atoms in total. The molecule has 146 valence electrons. The minimum atomic E-state index is -0.618.